The summed E-state index contributed by atoms with van der Waals surface area (Å²) < 4.78 is 2.66. The molecule has 2 N–H and O–H groups in total. The summed E-state index contributed by atoms with van der Waals surface area (Å²) in [5, 5.41) is 1.16. The van der Waals surface area contributed by atoms with Gasteiger partial charge in [-0.1, -0.05) is 22.0 Å². The lowest BCUT2D eigenvalue weighted by Crippen LogP contribution is -2.04. The van der Waals surface area contributed by atoms with Crippen LogP contribution in [-0.2, 0) is 0 Å². The van der Waals surface area contributed by atoms with Crippen molar-refractivity contribution < 1.29 is 0 Å². The number of nitrogens with two attached hydrogens (primary N) is 1. The van der Waals surface area contributed by atoms with Gasteiger partial charge in [-0.3, -0.25) is 4.68 Å². The molecular formula is C8H7BrN2. The van der Waals surface area contributed by atoms with E-state index in [1.54, 1.807) is 4.68 Å². The SMILES string of the molecule is Nn1ccc2ccc(Br)cc21. The van der Waals surface area contributed by atoms with E-state index < -0.39 is 0 Å². The molecule has 0 saturated heterocycles. The van der Waals surface area contributed by atoms with Crippen molar-refractivity contribution in [1.82, 2.24) is 4.68 Å². The summed E-state index contributed by atoms with van der Waals surface area (Å²) in [5.74, 6) is 5.64. The van der Waals surface area contributed by atoms with Crippen LogP contribution in [-0.4, -0.2) is 4.68 Å². The number of aromatic nitrogens is 1. The van der Waals surface area contributed by atoms with Crippen LogP contribution in [0.4, 0.5) is 0 Å². The van der Waals surface area contributed by atoms with Gasteiger partial charge < -0.3 is 5.84 Å². The second-order valence-electron chi connectivity index (χ2n) is 2.43. The number of fused-ring (bicyclic) bond motifs is 1. The van der Waals surface area contributed by atoms with E-state index in [1.807, 2.05) is 30.5 Å². The van der Waals surface area contributed by atoms with Crippen LogP contribution in [0, 0.1) is 0 Å². The first-order valence-electron chi connectivity index (χ1n) is 3.29. The highest BCUT2D eigenvalue weighted by Crippen LogP contribution is 2.18. The molecule has 0 amide bonds. The lowest BCUT2D eigenvalue weighted by atomic mass is 10.3. The zero-order valence-corrected chi connectivity index (χ0v) is 7.38. The third-order valence-electron chi connectivity index (χ3n) is 1.69. The number of hydrogen-bond donors (Lipinski definition) is 1. The summed E-state index contributed by atoms with van der Waals surface area (Å²) >= 11 is 3.38. The third-order valence-corrected chi connectivity index (χ3v) is 2.18. The van der Waals surface area contributed by atoms with E-state index in [9.17, 15) is 0 Å². The standard InChI is InChI=1S/C8H7BrN2/c9-7-2-1-6-3-4-11(10)8(6)5-7/h1-5H,10H2. The maximum Gasteiger partial charge on any atom is 0.0701 e. The predicted molar refractivity (Wildman–Crippen MR) is 49.8 cm³/mol. The average molecular weight is 211 g/mol. The molecule has 2 nitrogen and oxygen atoms in total. The number of nitrogens with zero attached hydrogens (tertiary/aromatic N) is 1. The quantitative estimate of drug-likeness (QED) is 0.664. The van der Waals surface area contributed by atoms with Crippen molar-refractivity contribution in [1.29, 1.82) is 0 Å². The number of hydrogen-bond acceptors (Lipinski definition) is 1. The van der Waals surface area contributed by atoms with Gasteiger partial charge >= 0.3 is 0 Å². The largest absolute Gasteiger partial charge is 0.339 e. The van der Waals surface area contributed by atoms with Crippen molar-refractivity contribution in [3.05, 3.63) is 34.9 Å². The Kier molecular flexibility index (Phi) is 1.39. The highest BCUT2D eigenvalue weighted by atomic mass is 79.9. The van der Waals surface area contributed by atoms with Crippen LogP contribution in [0.5, 0.6) is 0 Å². The molecule has 0 atom stereocenters. The average Bonchev–Trinajstić information content (AvgIpc) is 2.33. The minimum Gasteiger partial charge on any atom is -0.339 e. The van der Waals surface area contributed by atoms with Crippen LogP contribution in [0.25, 0.3) is 10.9 Å². The summed E-state index contributed by atoms with van der Waals surface area (Å²) in [6.45, 7) is 0. The van der Waals surface area contributed by atoms with E-state index in [-0.39, 0.29) is 0 Å². The van der Waals surface area contributed by atoms with Crippen molar-refractivity contribution in [2.75, 3.05) is 5.84 Å². The molecule has 0 aliphatic heterocycles. The van der Waals surface area contributed by atoms with Crippen LogP contribution >= 0.6 is 15.9 Å². The van der Waals surface area contributed by atoms with Gasteiger partial charge in [0.1, 0.15) is 0 Å². The summed E-state index contributed by atoms with van der Waals surface area (Å²) in [5.41, 5.74) is 1.04. The van der Waals surface area contributed by atoms with Crippen molar-refractivity contribution in [2.45, 2.75) is 0 Å². The number of rotatable bonds is 0. The minimum absolute atomic E-state index is 1.04. The van der Waals surface area contributed by atoms with E-state index in [2.05, 4.69) is 15.9 Å². The van der Waals surface area contributed by atoms with Crippen molar-refractivity contribution in [3.63, 3.8) is 0 Å². The zero-order chi connectivity index (χ0) is 7.84. The molecule has 0 aliphatic carbocycles. The molecule has 2 rings (SSSR count). The number of halogens is 1. The molecule has 1 aromatic carbocycles. The second-order valence-corrected chi connectivity index (χ2v) is 3.34. The van der Waals surface area contributed by atoms with E-state index in [0.717, 1.165) is 15.4 Å². The topological polar surface area (TPSA) is 30.9 Å². The summed E-state index contributed by atoms with van der Waals surface area (Å²) in [6, 6.07) is 8.02. The smallest absolute Gasteiger partial charge is 0.0701 e. The van der Waals surface area contributed by atoms with Gasteiger partial charge in [0.2, 0.25) is 0 Å². The Morgan fingerprint density at radius 3 is 2.91 bits per heavy atom. The van der Waals surface area contributed by atoms with Crippen LogP contribution < -0.4 is 5.84 Å². The second kappa shape index (κ2) is 2.27. The molecule has 56 valence electrons. The number of benzene rings is 1. The van der Waals surface area contributed by atoms with E-state index in [1.165, 1.54) is 0 Å². The minimum atomic E-state index is 1.04. The van der Waals surface area contributed by atoms with Crippen LogP contribution in [0.1, 0.15) is 0 Å². The van der Waals surface area contributed by atoms with Gasteiger partial charge in [-0.15, -0.1) is 0 Å². The summed E-state index contributed by atoms with van der Waals surface area (Å²) in [7, 11) is 0. The molecule has 0 aliphatic rings. The summed E-state index contributed by atoms with van der Waals surface area (Å²) in [4.78, 5) is 0. The monoisotopic (exact) mass is 210 g/mol. The molecule has 0 saturated carbocycles. The molecule has 3 heteroatoms. The maximum atomic E-state index is 5.64. The van der Waals surface area contributed by atoms with Gasteiger partial charge in [0.05, 0.1) is 5.52 Å². The highest BCUT2D eigenvalue weighted by Gasteiger charge is 1.96. The molecule has 1 aromatic heterocycles. The van der Waals surface area contributed by atoms with Crippen LogP contribution in [0.2, 0.25) is 0 Å². The van der Waals surface area contributed by atoms with Gasteiger partial charge in [-0.2, -0.15) is 0 Å². The van der Waals surface area contributed by atoms with E-state index in [0.29, 0.717) is 0 Å². The lowest BCUT2D eigenvalue weighted by Gasteiger charge is -1.95. The lowest BCUT2D eigenvalue weighted by molar-refractivity contribution is 1.07. The first-order chi connectivity index (χ1) is 5.27. The van der Waals surface area contributed by atoms with Crippen molar-refractivity contribution >= 4 is 26.8 Å². The van der Waals surface area contributed by atoms with E-state index in [4.69, 9.17) is 5.84 Å². The van der Waals surface area contributed by atoms with Gasteiger partial charge in [-0.05, 0) is 18.2 Å². The Bertz CT molecular complexity index is 392. The van der Waals surface area contributed by atoms with Crippen LogP contribution in [0.3, 0.4) is 0 Å². The Morgan fingerprint density at radius 2 is 2.09 bits per heavy atom. The van der Waals surface area contributed by atoms with Crippen molar-refractivity contribution in [3.8, 4) is 0 Å². The Hall–Kier alpha value is -0.960. The van der Waals surface area contributed by atoms with Crippen LogP contribution in [0.15, 0.2) is 34.9 Å². The van der Waals surface area contributed by atoms with Gasteiger partial charge in [0.15, 0.2) is 0 Å². The van der Waals surface area contributed by atoms with Gasteiger partial charge in [-0.25, -0.2) is 0 Å². The fourth-order valence-corrected chi connectivity index (χ4v) is 1.47. The number of nitrogen functional groups attached to an aromatic ring is 1. The molecule has 11 heavy (non-hydrogen) atoms. The third kappa shape index (κ3) is 1.01. The molecule has 0 bridgehead atoms. The normalized spacial score (nSPS) is 10.6. The Balaban J connectivity index is 2.87. The zero-order valence-electron chi connectivity index (χ0n) is 5.79. The van der Waals surface area contributed by atoms with Gasteiger partial charge in [0, 0.05) is 16.1 Å². The molecule has 0 unspecified atom stereocenters. The van der Waals surface area contributed by atoms with Gasteiger partial charge in [0.25, 0.3) is 0 Å². The predicted octanol–water partition coefficient (Wildman–Crippen LogP) is 2.12. The fourth-order valence-electron chi connectivity index (χ4n) is 1.12. The molecular weight excluding hydrogens is 204 g/mol. The maximum absolute atomic E-state index is 5.64. The molecule has 2 aromatic rings. The molecule has 0 fully saturated rings. The molecule has 1 heterocycles. The molecule has 0 radical (unpaired) electrons. The Morgan fingerprint density at radius 1 is 1.27 bits per heavy atom. The fraction of sp³-hybridized carbons (Fsp3) is 0. The Labute approximate surface area is 72.7 Å². The van der Waals surface area contributed by atoms with Crippen molar-refractivity contribution in [2.24, 2.45) is 0 Å². The van der Waals surface area contributed by atoms with E-state index >= 15 is 0 Å². The summed E-state index contributed by atoms with van der Waals surface area (Å²) in [6.07, 6.45) is 1.84. The first-order valence-corrected chi connectivity index (χ1v) is 4.08. The highest BCUT2D eigenvalue weighted by molar-refractivity contribution is 9.10. The molecule has 0 spiro atoms. The first kappa shape index (κ1) is 6.73.